The van der Waals surface area contributed by atoms with Gasteiger partial charge in [-0.15, -0.1) is 10.2 Å². The van der Waals surface area contributed by atoms with Crippen molar-refractivity contribution in [2.45, 2.75) is 31.2 Å². The number of likely N-dealkylation sites (N-methyl/N-ethyl adjacent to an activating group) is 1. The first-order chi connectivity index (χ1) is 20.0. The Kier molecular flexibility index (Phi) is 8.48. The Morgan fingerprint density at radius 3 is 2.63 bits per heavy atom. The Bertz CT molecular complexity index is 1340. The molecule has 6 rings (SSSR count). The molecule has 3 aliphatic rings. The maximum Gasteiger partial charge on any atom is 0.133 e. The molecular weight excluding hydrogens is 512 g/mol. The number of ether oxygens (including phenoxy) is 1. The Morgan fingerprint density at radius 2 is 1.90 bits per heavy atom. The number of hydrogen-bond donors (Lipinski definition) is 1. The molecule has 4 heterocycles. The molecule has 1 unspecified atom stereocenters. The van der Waals surface area contributed by atoms with Gasteiger partial charge in [0.05, 0.1) is 18.9 Å². The van der Waals surface area contributed by atoms with Crippen molar-refractivity contribution in [2.24, 2.45) is 18.0 Å². The summed E-state index contributed by atoms with van der Waals surface area (Å²) in [6.07, 6.45) is 7.05. The van der Waals surface area contributed by atoms with Gasteiger partial charge < -0.3 is 24.8 Å². The fraction of sp³-hybridized carbons (Fsp3) is 0.531. The van der Waals surface area contributed by atoms with Crippen molar-refractivity contribution in [1.82, 2.24) is 29.5 Å². The van der Waals surface area contributed by atoms with E-state index in [-0.39, 0.29) is 5.41 Å². The first kappa shape index (κ1) is 28.0. The van der Waals surface area contributed by atoms with E-state index < -0.39 is 0 Å². The normalized spacial score (nSPS) is 22.2. The first-order valence-corrected chi connectivity index (χ1v) is 15.0. The number of piperazine rings is 1. The van der Waals surface area contributed by atoms with E-state index in [4.69, 9.17) is 15.5 Å². The molecule has 2 N–H and O–H groups in total. The van der Waals surface area contributed by atoms with E-state index >= 15 is 0 Å². The van der Waals surface area contributed by atoms with E-state index in [2.05, 4.69) is 68.3 Å². The number of aromatic nitrogens is 3. The van der Waals surface area contributed by atoms with Crippen molar-refractivity contribution in [3.63, 3.8) is 0 Å². The number of aliphatic imine (C=N–C) groups is 1. The maximum atomic E-state index is 6.52. The van der Waals surface area contributed by atoms with E-state index in [1.807, 2.05) is 23.9 Å². The maximum absolute atomic E-state index is 6.52. The van der Waals surface area contributed by atoms with Gasteiger partial charge in [0.2, 0.25) is 0 Å². The summed E-state index contributed by atoms with van der Waals surface area (Å²) in [6.45, 7) is 10.7. The number of nitrogens with two attached hydrogens (primary N) is 1. The van der Waals surface area contributed by atoms with Crippen molar-refractivity contribution in [2.75, 3.05) is 71.8 Å². The number of hydrogen-bond acceptors (Lipinski definition) is 8. The third kappa shape index (κ3) is 6.70. The van der Waals surface area contributed by atoms with Crippen LogP contribution in [0.15, 0.2) is 53.8 Å². The van der Waals surface area contributed by atoms with E-state index in [1.54, 1.807) is 6.33 Å². The molecule has 3 fully saturated rings. The Balaban J connectivity index is 1.07. The van der Waals surface area contributed by atoms with E-state index in [1.165, 1.54) is 69.8 Å². The molecule has 41 heavy (non-hydrogen) atoms. The number of anilines is 1. The van der Waals surface area contributed by atoms with Crippen molar-refractivity contribution in [3.8, 4) is 0 Å². The zero-order valence-electron chi connectivity index (χ0n) is 24.6. The number of benzene rings is 2. The van der Waals surface area contributed by atoms with Crippen LogP contribution in [-0.4, -0.2) is 102 Å². The lowest BCUT2D eigenvalue weighted by Gasteiger charge is -2.41. The van der Waals surface area contributed by atoms with Gasteiger partial charge >= 0.3 is 0 Å². The van der Waals surface area contributed by atoms with Gasteiger partial charge in [-0.25, -0.2) is 0 Å². The van der Waals surface area contributed by atoms with Gasteiger partial charge in [0.1, 0.15) is 12.2 Å². The summed E-state index contributed by atoms with van der Waals surface area (Å²) in [5.41, 5.74) is 11.6. The largest absolute Gasteiger partial charge is 0.398 e. The van der Waals surface area contributed by atoms with Crippen molar-refractivity contribution in [1.29, 1.82) is 0 Å². The quantitative estimate of drug-likeness (QED) is 0.320. The molecule has 0 aliphatic carbocycles. The average Bonchev–Trinajstić information content (AvgIpc) is 3.36. The van der Waals surface area contributed by atoms with Crippen LogP contribution in [0.25, 0.3) is 0 Å². The van der Waals surface area contributed by atoms with Crippen LogP contribution in [0.4, 0.5) is 11.4 Å². The number of nitrogen functional groups attached to an aromatic ring is 1. The van der Waals surface area contributed by atoms with Gasteiger partial charge in [-0.2, -0.15) is 0 Å². The second kappa shape index (κ2) is 12.4. The lowest BCUT2D eigenvalue weighted by molar-refractivity contribution is -0.0611. The summed E-state index contributed by atoms with van der Waals surface area (Å²) in [7, 11) is 4.21. The van der Waals surface area contributed by atoms with Crippen molar-refractivity contribution < 1.29 is 4.74 Å². The molecule has 3 aromatic rings. The summed E-state index contributed by atoms with van der Waals surface area (Å²) < 4.78 is 7.63. The Morgan fingerprint density at radius 1 is 1.05 bits per heavy atom. The number of aryl methyl sites for hydroxylation is 1. The van der Waals surface area contributed by atoms with Gasteiger partial charge in [-0.3, -0.25) is 9.89 Å². The third-order valence-electron chi connectivity index (χ3n) is 9.14. The molecule has 3 saturated heterocycles. The minimum Gasteiger partial charge on any atom is -0.398 e. The molecule has 0 spiro atoms. The monoisotopic (exact) mass is 556 g/mol. The molecule has 0 bridgehead atoms. The first-order valence-electron chi connectivity index (χ1n) is 15.0. The molecule has 3 aliphatic heterocycles. The van der Waals surface area contributed by atoms with Crippen molar-refractivity contribution in [3.05, 3.63) is 71.3 Å². The highest BCUT2D eigenvalue weighted by Gasteiger charge is 2.41. The van der Waals surface area contributed by atoms with Crippen LogP contribution in [-0.2, 0) is 30.2 Å². The van der Waals surface area contributed by atoms with Crippen LogP contribution in [0.2, 0.25) is 0 Å². The summed E-state index contributed by atoms with van der Waals surface area (Å²) >= 11 is 0. The van der Waals surface area contributed by atoms with Gasteiger partial charge in [0.25, 0.3) is 0 Å². The lowest BCUT2D eigenvalue weighted by atomic mass is 9.75. The average molecular weight is 557 g/mol. The van der Waals surface area contributed by atoms with Crippen molar-refractivity contribution >= 4 is 17.6 Å². The molecule has 218 valence electrons. The Hall–Kier alpha value is -3.11. The third-order valence-corrected chi connectivity index (χ3v) is 9.14. The predicted molar refractivity (Wildman–Crippen MR) is 164 cm³/mol. The number of nitrogens with zero attached hydrogens (tertiary/aromatic N) is 7. The molecule has 2 aromatic carbocycles. The second-order valence-corrected chi connectivity index (χ2v) is 12.4. The van der Waals surface area contributed by atoms with Gasteiger partial charge in [-0.1, -0.05) is 24.3 Å². The topological polar surface area (TPSA) is 88.0 Å². The molecule has 9 nitrogen and oxygen atoms in total. The molecule has 9 heteroatoms. The van der Waals surface area contributed by atoms with E-state index in [9.17, 15) is 0 Å². The van der Waals surface area contributed by atoms with Crippen LogP contribution in [0, 0.1) is 5.92 Å². The van der Waals surface area contributed by atoms with Crippen LogP contribution >= 0.6 is 0 Å². The van der Waals surface area contributed by atoms with Gasteiger partial charge in [-0.05, 0) is 61.7 Å². The van der Waals surface area contributed by atoms with Crippen LogP contribution < -0.4 is 5.73 Å². The van der Waals surface area contributed by atoms with Crippen LogP contribution in [0.3, 0.4) is 0 Å². The molecule has 0 saturated carbocycles. The minimum absolute atomic E-state index is 0.0923. The molecular formula is C32H44N8O. The summed E-state index contributed by atoms with van der Waals surface area (Å²) in [4.78, 5) is 12.5. The number of rotatable bonds is 9. The molecule has 0 amide bonds. The predicted octanol–water partition coefficient (Wildman–Crippen LogP) is 3.12. The highest BCUT2D eigenvalue weighted by Crippen LogP contribution is 2.37. The summed E-state index contributed by atoms with van der Waals surface area (Å²) in [6, 6.07) is 14.9. The Labute approximate surface area is 244 Å². The highest BCUT2D eigenvalue weighted by molar-refractivity contribution is 5.88. The lowest BCUT2D eigenvalue weighted by Crippen LogP contribution is -2.49. The minimum atomic E-state index is -0.0923. The standard InChI is InChI=1S/C32H44N8O/c1-37-11-13-39(14-12-37)20-26-5-4-10-40(21-26)19-25-8-9-27(30(33)15-25)18-34-29-7-3-6-28(16-29)32(22-41-23-32)17-31-36-35-24-38(31)2/h3,6-9,15-16,18,24,26H,4-5,10-14,17,19-23,33H2,1-2H3. The zero-order chi connectivity index (χ0) is 28.2. The van der Waals surface area contributed by atoms with Gasteiger partial charge in [0.15, 0.2) is 0 Å². The zero-order valence-corrected chi connectivity index (χ0v) is 24.6. The van der Waals surface area contributed by atoms with E-state index in [0.29, 0.717) is 13.2 Å². The number of piperidine rings is 1. The molecule has 1 atom stereocenters. The fourth-order valence-electron chi connectivity index (χ4n) is 6.49. The van der Waals surface area contributed by atoms with Gasteiger partial charge in [0, 0.05) is 82.2 Å². The second-order valence-electron chi connectivity index (χ2n) is 12.4. The fourth-order valence-corrected chi connectivity index (χ4v) is 6.49. The van der Waals surface area contributed by atoms with Crippen LogP contribution in [0.1, 0.15) is 35.4 Å². The number of likely N-dealkylation sites (tertiary alicyclic amines) is 1. The summed E-state index contributed by atoms with van der Waals surface area (Å²) in [5.74, 6) is 1.72. The smallest absolute Gasteiger partial charge is 0.133 e. The molecule has 1 aromatic heterocycles. The van der Waals surface area contributed by atoms with E-state index in [0.717, 1.165) is 41.6 Å². The summed E-state index contributed by atoms with van der Waals surface area (Å²) in [5, 5.41) is 8.34. The SMILES string of the molecule is CN1CCN(CC2CCCN(Cc3ccc(C=Nc4cccc(C5(Cc6nncn6C)COC5)c4)c(N)c3)C2)CC1. The van der Waals surface area contributed by atoms with Crippen LogP contribution in [0.5, 0.6) is 0 Å². The highest BCUT2D eigenvalue weighted by atomic mass is 16.5. The molecule has 0 radical (unpaired) electrons.